The summed E-state index contributed by atoms with van der Waals surface area (Å²) in [5.74, 6) is 0.797. The Bertz CT molecular complexity index is 622. The topological polar surface area (TPSA) is 32.3 Å². The van der Waals surface area contributed by atoms with Crippen molar-refractivity contribution in [3.63, 3.8) is 0 Å². The summed E-state index contributed by atoms with van der Waals surface area (Å²) in [6, 6.07) is 5.47. The molecule has 0 bridgehead atoms. The lowest BCUT2D eigenvalue weighted by Gasteiger charge is -2.36. The minimum absolute atomic E-state index is 0.605. The van der Waals surface area contributed by atoms with Crippen molar-refractivity contribution in [1.29, 1.82) is 0 Å². The molecule has 0 saturated carbocycles. The van der Waals surface area contributed by atoms with Gasteiger partial charge in [-0.2, -0.15) is 13.2 Å². The number of aromatic nitrogens is 2. The van der Waals surface area contributed by atoms with Crippen molar-refractivity contribution in [2.75, 3.05) is 36.0 Å². The van der Waals surface area contributed by atoms with Crippen LogP contribution in [0.15, 0.2) is 42.9 Å². The van der Waals surface area contributed by atoms with Crippen molar-refractivity contribution in [3.05, 3.63) is 48.4 Å². The third-order valence-electron chi connectivity index (χ3n) is 3.69. The molecule has 1 aliphatic rings. The third-order valence-corrected chi connectivity index (χ3v) is 3.69. The Morgan fingerprint density at radius 3 is 2.32 bits per heavy atom. The van der Waals surface area contributed by atoms with E-state index in [1.54, 1.807) is 24.7 Å². The first-order valence-electron chi connectivity index (χ1n) is 6.97. The number of hydrogen-bond acceptors (Lipinski definition) is 4. The van der Waals surface area contributed by atoms with Crippen molar-refractivity contribution >= 4 is 11.5 Å². The molecular weight excluding hydrogens is 293 g/mol. The van der Waals surface area contributed by atoms with Gasteiger partial charge in [0.2, 0.25) is 0 Å². The first-order chi connectivity index (χ1) is 10.5. The Labute approximate surface area is 126 Å². The first kappa shape index (κ1) is 14.6. The van der Waals surface area contributed by atoms with Gasteiger partial charge in [-0.3, -0.25) is 4.98 Å². The van der Waals surface area contributed by atoms with Crippen LogP contribution in [0.3, 0.4) is 0 Å². The maximum atomic E-state index is 12.8. The minimum Gasteiger partial charge on any atom is -0.368 e. The Morgan fingerprint density at radius 2 is 1.68 bits per heavy atom. The molecule has 0 aliphatic carbocycles. The van der Waals surface area contributed by atoms with Gasteiger partial charge in [0.15, 0.2) is 0 Å². The highest BCUT2D eigenvalue weighted by atomic mass is 19.4. The first-order valence-corrected chi connectivity index (χ1v) is 6.97. The highest BCUT2D eigenvalue weighted by molar-refractivity contribution is 5.51. The van der Waals surface area contributed by atoms with Gasteiger partial charge in [-0.25, -0.2) is 4.98 Å². The molecule has 1 saturated heterocycles. The molecule has 2 heterocycles. The van der Waals surface area contributed by atoms with E-state index in [4.69, 9.17) is 0 Å². The summed E-state index contributed by atoms with van der Waals surface area (Å²) in [7, 11) is 0. The van der Waals surface area contributed by atoms with Crippen LogP contribution in [0.5, 0.6) is 0 Å². The molecule has 7 heteroatoms. The van der Waals surface area contributed by atoms with E-state index < -0.39 is 11.7 Å². The molecule has 2 aromatic rings. The number of halogens is 3. The van der Waals surface area contributed by atoms with Crippen molar-refractivity contribution in [3.8, 4) is 0 Å². The number of alkyl halides is 3. The normalized spacial score (nSPS) is 16.0. The maximum Gasteiger partial charge on any atom is 0.416 e. The van der Waals surface area contributed by atoms with E-state index in [0.717, 1.165) is 11.9 Å². The van der Waals surface area contributed by atoms with Gasteiger partial charge in [-0.15, -0.1) is 0 Å². The molecule has 3 rings (SSSR count). The third kappa shape index (κ3) is 3.13. The number of anilines is 2. The van der Waals surface area contributed by atoms with Crippen molar-refractivity contribution in [1.82, 2.24) is 9.97 Å². The predicted molar refractivity (Wildman–Crippen MR) is 77.9 cm³/mol. The molecular formula is C15H15F3N4. The lowest BCUT2D eigenvalue weighted by molar-refractivity contribution is -0.137. The van der Waals surface area contributed by atoms with Crippen LogP contribution in [-0.4, -0.2) is 36.1 Å². The second-order valence-electron chi connectivity index (χ2n) is 5.09. The van der Waals surface area contributed by atoms with Gasteiger partial charge in [0.25, 0.3) is 0 Å². The maximum absolute atomic E-state index is 12.8. The summed E-state index contributed by atoms with van der Waals surface area (Å²) in [4.78, 5) is 12.3. The number of rotatable bonds is 2. The van der Waals surface area contributed by atoms with Gasteiger partial charge in [-0.05, 0) is 18.2 Å². The van der Waals surface area contributed by atoms with Gasteiger partial charge in [-0.1, -0.05) is 6.07 Å². The van der Waals surface area contributed by atoms with E-state index in [-0.39, 0.29) is 0 Å². The fourth-order valence-corrected chi connectivity index (χ4v) is 2.53. The van der Waals surface area contributed by atoms with E-state index in [1.165, 1.54) is 12.1 Å². The summed E-state index contributed by atoms with van der Waals surface area (Å²) in [5, 5.41) is 0. The fourth-order valence-electron chi connectivity index (χ4n) is 2.53. The molecule has 1 aliphatic heterocycles. The van der Waals surface area contributed by atoms with Crippen LogP contribution in [-0.2, 0) is 6.18 Å². The number of piperazine rings is 1. The van der Waals surface area contributed by atoms with E-state index in [9.17, 15) is 13.2 Å². The second-order valence-corrected chi connectivity index (χ2v) is 5.09. The molecule has 1 aromatic heterocycles. The zero-order valence-corrected chi connectivity index (χ0v) is 11.8. The van der Waals surface area contributed by atoms with Gasteiger partial charge in [0.05, 0.1) is 11.8 Å². The van der Waals surface area contributed by atoms with E-state index >= 15 is 0 Å². The van der Waals surface area contributed by atoms with Crippen LogP contribution in [0.2, 0.25) is 0 Å². The van der Waals surface area contributed by atoms with Gasteiger partial charge < -0.3 is 9.80 Å². The summed E-state index contributed by atoms with van der Waals surface area (Å²) < 4.78 is 38.3. The largest absolute Gasteiger partial charge is 0.416 e. The Kier molecular flexibility index (Phi) is 3.87. The Balaban J connectivity index is 1.69. The summed E-state index contributed by atoms with van der Waals surface area (Å²) >= 11 is 0. The molecule has 1 fully saturated rings. The Morgan fingerprint density at radius 1 is 0.955 bits per heavy atom. The zero-order chi connectivity index (χ0) is 15.6. The lowest BCUT2D eigenvalue weighted by atomic mass is 10.1. The van der Waals surface area contributed by atoms with Crippen molar-refractivity contribution in [2.45, 2.75) is 6.18 Å². The van der Waals surface area contributed by atoms with Crippen LogP contribution in [0.25, 0.3) is 0 Å². The van der Waals surface area contributed by atoms with Crippen LogP contribution >= 0.6 is 0 Å². The smallest absolute Gasteiger partial charge is 0.368 e. The summed E-state index contributed by atoms with van der Waals surface area (Å²) in [5.41, 5.74) is -0.00465. The summed E-state index contributed by atoms with van der Waals surface area (Å²) in [6.45, 7) is 2.71. The van der Waals surface area contributed by atoms with Crippen molar-refractivity contribution in [2.24, 2.45) is 0 Å². The predicted octanol–water partition coefficient (Wildman–Crippen LogP) is 2.82. The number of hydrogen-bond donors (Lipinski definition) is 0. The van der Waals surface area contributed by atoms with Crippen LogP contribution in [0.4, 0.5) is 24.7 Å². The van der Waals surface area contributed by atoms with Crippen molar-refractivity contribution < 1.29 is 13.2 Å². The lowest BCUT2D eigenvalue weighted by Crippen LogP contribution is -2.46. The van der Waals surface area contributed by atoms with Gasteiger partial charge in [0.1, 0.15) is 5.82 Å². The fraction of sp³-hybridized carbons (Fsp3) is 0.333. The molecule has 4 nitrogen and oxygen atoms in total. The molecule has 0 N–H and O–H groups in total. The van der Waals surface area contributed by atoms with E-state index in [2.05, 4.69) is 14.9 Å². The van der Waals surface area contributed by atoms with Crippen LogP contribution in [0, 0.1) is 0 Å². The average Bonchev–Trinajstić information content (AvgIpc) is 2.55. The van der Waals surface area contributed by atoms with Crippen LogP contribution < -0.4 is 9.80 Å². The number of nitrogens with zero attached hydrogens (tertiary/aromatic N) is 4. The molecule has 0 radical (unpaired) electrons. The highest BCUT2D eigenvalue weighted by Gasteiger charge is 2.31. The number of benzene rings is 1. The molecule has 0 atom stereocenters. The SMILES string of the molecule is FC(F)(F)c1cccc(N2CCN(c3cnccn3)CC2)c1. The standard InChI is InChI=1S/C15H15F3N4/c16-15(17,18)12-2-1-3-13(10-12)21-6-8-22(9-7-21)14-11-19-4-5-20-14/h1-5,10-11H,6-9H2. The average molecular weight is 308 g/mol. The van der Waals surface area contributed by atoms with Crippen LogP contribution in [0.1, 0.15) is 5.56 Å². The zero-order valence-electron chi connectivity index (χ0n) is 11.8. The molecule has 0 unspecified atom stereocenters. The summed E-state index contributed by atoms with van der Waals surface area (Å²) in [6.07, 6.45) is 0.633. The molecule has 116 valence electrons. The highest BCUT2D eigenvalue weighted by Crippen LogP contribution is 2.32. The molecule has 0 spiro atoms. The van der Waals surface area contributed by atoms with E-state index in [0.29, 0.717) is 31.9 Å². The molecule has 0 amide bonds. The quantitative estimate of drug-likeness (QED) is 0.854. The second kappa shape index (κ2) is 5.82. The van der Waals surface area contributed by atoms with Gasteiger partial charge in [0, 0.05) is 44.3 Å². The monoisotopic (exact) mass is 308 g/mol. The van der Waals surface area contributed by atoms with E-state index in [1.807, 2.05) is 4.90 Å². The minimum atomic E-state index is -4.31. The molecule has 22 heavy (non-hydrogen) atoms. The Hall–Kier alpha value is -2.31. The van der Waals surface area contributed by atoms with Gasteiger partial charge >= 0.3 is 6.18 Å². The molecule has 1 aromatic carbocycles.